The van der Waals surface area contributed by atoms with Gasteiger partial charge in [0.2, 0.25) is 11.8 Å². The zero-order chi connectivity index (χ0) is 25.9. The minimum absolute atomic E-state index is 0.0769. The van der Waals surface area contributed by atoms with E-state index in [2.05, 4.69) is 27.3 Å². The first kappa shape index (κ1) is 24.1. The lowest BCUT2D eigenvalue weighted by atomic mass is 9.95. The first-order valence-corrected chi connectivity index (χ1v) is 11.9. The first-order chi connectivity index (χ1) is 18.0. The minimum Gasteiger partial charge on any atom is -0.506 e. The maximum absolute atomic E-state index is 11.5. The van der Waals surface area contributed by atoms with Gasteiger partial charge in [0.15, 0.2) is 5.58 Å². The molecule has 0 fully saturated rings. The molecule has 3 heterocycles. The second kappa shape index (κ2) is 10.2. The lowest BCUT2D eigenvalue weighted by Crippen LogP contribution is -2.01. The van der Waals surface area contributed by atoms with Gasteiger partial charge in [-0.2, -0.15) is 0 Å². The number of fused-ring (bicyclic) bond motifs is 1. The predicted octanol–water partition coefficient (Wildman–Crippen LogP) is 5.30. The molecule has 0 atom stereocenters. The van der Waals surface area contributed by atoms with Crippen LogP contribution in [0.15, 0.2) is 51.4 Å². The molecule has 0 aliphatic heterocycles. The number of pyridine rings is 1. The summed E-state index contributed by atoms with van der Waals surface area (Å²) in [5.41, 5.74) is 2.59. The summed E-state index contributed by atoms with van der Waals surface area (Å²) in [6.45, 7) is 2.05. The van der Waals surface area contributed by atoms with Gasteiger partial charge in [-0.05, 0) is 37.1 Å². The van der Waals surface area contributed by atoms with Gasteiger partial charge in [0.25, 0.3) is 5.89 Å². The molecule has 0 saturated carbocycles. The molecule has 5 aromatic rings. The Balaban J connectivity index is 1.62. The fraction of sp³-hybridized carbons (Fsp3) is 0.259. The van der Waals surface area contributed by atoms with Crippen molar-refractivity contribution in [2.24, 2.45) is 0 Å². The molecule has 2 N–H and O–H groups in total. The Hall–Kier alpha value is -4.60. The van der Waals surface area contributed by atoms with Crippen LogP contribution >= 0.6 is 0 Å². The van der Waals surface area contributed by atoms with Crippen LogP contribution in [0.1, 0.15) is 37.0 Å². The molecular formula is C27H26N4O6. The van der Waals surface area contributed by atoms with Crippen LogP contribution in [0, 0.1) is 0 Å². The summed E-state index contributed by atoms with van der Waals surface area (Å²) in [7, 11) is 3.07. The molecule has 0 spiro atoms. The highest BCUT2D eigenvalue weighted by Crippen LogP contribution is 2.49. The van der Waals surface area contributed by atoms with E-state index in [0.717, 1.165) is 18.2 Å². The number of hydrogen-bond donors (Lipinski definition) is 2. The van der Waals surface area contributed by atoms with Gasteiger partial charge in [-0.15, -0.1) is 10.2 Å². The quantitative estimate of drug-likeness (QED) is 0.273. The van der Waals surface area contributed by atoms with Gasteiger partial charge in [-0.1, -0.05) is 36.7 Å². The molecule has 3 aromatic heterocycles. The molecule has 0 radical (unpaired) electrons. The number of hydrogen-bond acceptors (Lipinski definition) is 10. The van der Waals surface area contributed by atoms with Crippen molar-refractivity contribution in [2.45, 2.75) is 32.6 Å². The van der Waals surface area contributed by atoms with Gasteiger partial charge < -0.3 is 28.6 Å². The van der Waals surface area contributed by atoms with Gasteiger partial charge in [-0.25, -0.2) is 4.98 Å². The molecule has 0 saturated heterocycles. The van der Waals surface area contributed by atoms with E-state index in [-0.39, 0.29) is 29.5 Å². The van der Waals surface area contributed by atoms with E-state index in [1.165, 1.54) is 14.2 Å². The third kappa shape index (κ3) is 4.42. The van der Waals surface area contributed by atoms with Crippen LogP contribution in [0.2, 0.25) is 0 Å². The zero-order valence-electron chi connectivity index (χ0n) is 20.7. The van der Waals surface area contributed by atoms with Gasteiger partial charge in [0.1, 0.15) is 28.5 Å². The smallest absolute Gasteiger partial charge is 0.257 e. The van der Waals surface area contributed by atoms with Crippen LogP contribution in [-0.4, -0.2) is 44.8 Å². The standard InChI is InChI=1S/C27H26N4O6/c1-4-5-10-16-22(23-19(34-2)12-8-13-20(23)35-3)25(32)24(26(33)28-16)27-30-29-21(36-27)14-17-15-9-6-7-11-18(15)37-31-17/h6-9,11-13H,4-5,10,14H2,1-3H3,(H2,28,32,33). The number of unbranched alkanes of at least 4 members (excludes halogenated alkanes) is 1. The van der Waals surface area contributed by atoms with Gasteiger partial charge >= 0.3 is 0 Å². The van der Waals surface area contributed by atoms with E-state index in [1.807, 2.05) is 24.3 Å². The number of para-hydroxylation sites is 1. The SMILES string of the molecule is CCCCc1nc(O)c(-c2nnc(Cc3noc4ccccc34)o2)c(O)c1-c1c(OC)cccc1OC. The Labute approximate surface area is 212 Å². The molecule has 0 aliphatic rings. The normalized spacial score (nSPS) is 11.2. The van der Waals surface area contributed by atoms with E-state index in [9.17, 15) is 10.2 Å². The number of ether oxygens (including phenoxy) is 2. The molecule has 0 unspecified atom stereocenters. The van der Waals surface area contributed by atoms with Crippen LogP contribution in [0.3, 0.4) is 0 Å². The predicted molar refractivity (Wildman–Crippen MR) is 135 cm³/mol. The summed E-state index contributed by atoms with van der Waals surface area (Å²) in [5, 5.41) is 35.5. The number of aromatic nitrogens is 4. The molecule has 0 aliphatic carbocycles. The van der Waals surface area contributed by atoms with Crippen molar-refractivity contribution in [2.75, 3.05) is 14.2 Å². The van der Waals surface area contributed by atoms with E-state index in [4.69, 9.17) is 18.4 Å². The molecule has 37 heavy (non-hydrogen) atoms. The van der Waals surface area contributed by atoms with Crippen LogP contribution < -0.4 is 9.47 Å². The first-order valence-electron chi connectivity index (χ1n) is 11.9. The average Bonchev–Trinajstić information content (AvgIpc) is 3.54. The number of aryl methyl sites for hydroxylation is 1. The average molecular weight is 503 g/mol. The van der Waals surface area contributed by atoms with E-state index < -0.39 is 5.88 Å². The molecular weight excluding hydrogens is 476 g/mol. The third-order valence-corrected chi connectivity index (χ3v) is 6.12. The van der Waals surface area contributed by atoms with Crippen LogP contribution in [-0.2, 0) is 12.8 Å². The molecule has 10 heteroatoms. The van der Waals surface area contributed by atoms with Crippen LogP contribution in [0.5, 0.6) is 23.1 Å². The summed E-state index contributed by atoms with van der Waals surface area (Å²) in [5.74, 6) is 0.443. The molecule has 10 nitrogen and oxygen atoms in total. The van der Waals surface area contributed by atoms with Gasteiger partial charge in [0.05, 0.1) is 37.5 Å². The van der Waals surface area contributed by atoms with Gasteiger partial charge in [0, 0.05) is 5.39 Å². The molecule has 0 bridgehead atoms. The second-order valence-corrected chi connectivity index (χ2v) is 8.42. The Morgan fingerprint density at radius 1 is 0.865 bits per heavy atom. The monoisotopic (exact) mass is 502 g/mol. The summed E-state index contributed by atoms with van der Waals surface area (Å²) >= 11 is 0. The van der Waals surface area contributed by atoms with Crippen molar-refractivity contribution in [1.29, 1.82) is 0 Å². The summed E-state index contributed by atoms with van der Waals surface area (Å²) < 4.78 is 22.4. The zero-order valence-corrected chi connectivity index (χ0v) is 20.7. The number of methoxy groups -OCH3 is 2. The Morgan fingerprint density at radius 2 is 1.62 bits per heavy atom. The topological polar surface area (TPSA) is 137 Å². The molecule has 2 aromatic carbocycles. The van der Waals surface area contributed by atoms with Crippen molar-refractivity contribution in [3.63, 3.8) is 0 Å². The number of benzene rings is 2. The van der Waals surface area contributed by atoms with Crippen LogP contribution in [0.4, 0.5) is 0 Å². The van der Waals surface area contributed by atoms with Crippen molar-refractivity contribution in [3.8, 4) is 45.7 Å². The van der Waals surface area contributed by atoms with Crippen LogP contribution in [0.25, 0.3) is 33.6 Å². The summed E-state index contributed by atoms with van der Waals surface area (Å²) in [6, 6.07) is 12.8. The lowest BCUT2D eigenvalue weighted by Gasteiger charge is -2.18. The Kier molecular flexibility index (Phi) is 6.63. The Morgan fingerprint density at radius 3 is 2.35 bits per heavy atom. The van der Waals surface area contributed by atoms with Crippen molar-refractivity contribution in [1.82, 2.24) is 20.3 Å². The van der Waals surface area contributed by atoms with Gasteiger partial charge in [-0.3, -0.25) is 0 Å². The maximum Gasteiger partial charge on any atom is 0.257 e. The maximum atomic E-state index is 11.5. The molecule has 5 rings (SSSR count). The van der Waals surface area contributed by atoms with E-state index in [0.29, 0.717) is 46.0 Å². The fourth-order valence-electron chi connectivity index (χ4n) is 4.32. The van der Waals surface area contributed by atoms with E-state index >= 15 is 0 Å². The third-order valence-electron chi connectivity index (χ3n) is 6.12. The van der Waals surface area contributed by atoms with Crippen molar-refractivity contribution >= 4 is 11.0 Å². The number of nitrogens with zero attached hydrogens (tertiary/aromatic N) is 4. The highest BCUT2D eigenvalue weighted by molar-refractivity contribution is 5.88. The molecule has 190 valence electrons. The molecule has 0 amide bonds. The van der Waals surface area contributed by atoms with Crippen molar-refractivity contribution in [3.05, 3.63) is 59.7 Å². The fourth-order valence-corrected chi connectivity index (χ4v) is 4.32. The lowest BCUT2D eigenvalue weighted by molar-refractivity contribution is 0.395. The minimum atomic E-state index is -0.414. The number of aromatic hydroxyl groups is 2. The highest BCUT2D eigenvalue weighted by Gasteiger charge is 2.29. The van der Waals surface area contributed by atoms with E-state index in [1.54, 1.807) is 18.2 Å². The van der Waals surface area contributed by atoms with Crippen molar-refractivity contribution < 1.29 is 28.6 Å². The number of rotatable bonds is 9. The second-order valence-electron chi connectivity index (χ2n) is 8.42. The Bertz CT molecular complexity index is 1540. The highest BCUT2D eigenvalue weighted by atomic mass is 16.5. The largest absolute Gasteiger partial charge is 0.506 e. The summed E-state index contributed by atoms with van der Waals surface area (Å²) in [6.07, 6.45) is 2.42. The summed E-state index contributed by atoms with van der Waals surface area (Å²) in [4.78, 5) is 4.43.